The summed E-state index contributed by atoms with van der Waals surface area (Å²) in [6, 6.07) is 0. The summed E-state index contributed by atoms with van der Waals surface area (Å²) < 4.78 is 1.20. The van der Waals surface area contributed by atoms with Crippen LogP contribution in [0.5, 0.6) is 0 Å². The van der Waals surface area contributed by atoms with Gasteiger partial charge in [-0.1, -0.05) is 0 Å². The van der Waals surface area contributed by atoms with Crippen molar-refractivity contribution >= 4 is 21.2 Å². The molecule has 0 aromatic carbocycles. The van der Waals surface area contributed by atoms with Gasteiger partial charge in [0.1, 0.15) is 0 Å². The van der Waals surface area contributed by atoms with Crippen molar-refractivity contribution in [2.75, 3.05) is 0 Å². The first-order chi connectivity index (χ1) is 4.25. The Morgan fingerprint density at radius 3 is 2.00 bits per heavy atom. The van der Waals surface area contributed by atoms with Crippen molar-refractivity contribution < 1.29 is 0 Å². The van der Waals surface area contributed by atoms with Gasteiger partial charge in [0.05, 0.1) is 0 Å². The first-order valence-corrected chi connectivity index (χ1v) is 5.57. The molecular weight excluding hydrogens is 238 g/mol. The van der Waals surface area contributed by atoms with E-state index >= 15 is 0 Å². The van der Waals surface area contributed by atoms with Gasteiger partial charge in [0.2, 0.25) is 0 Å². The Kier molecular flexibility index (Phi) is 1.78. The molecule has 9 heavy (non-hydrogen) atoms. The number of rotatable bonds is 1. The van der Waals surface area contributed by atoms with Crippen molar-refractivity contribution in [2.24, 2.45) is 0 Å². The third-order valence-electron chi connectivity index (χ3n) is 0.828. The SMILES string of the molecule is C[Te]n1c(=O)[nH][nH]c1=O. The van der Waals surface area contributed by atoms with Gasteiger partial charge in [-0.05, 0) is 0 Å². The Morgan fingerprint density at radius 1 is 1.33 bits per heavy atom. The fourth-order valence-electron chi connectivity index (χ4n) is 0.467. The van der Waals surface area contributed by atoms with Crippen molar-refractivity contribution in [3.63, 3.8) is 0 Å². The summed E-state index contributed by atoms with van der Waals surface area (Å²) in [6.07, 6.45) is 0. The molecule has 0 amide bonds. The molecule has 0 aliphatic rings. The number of aromatic amines is 2. The average molecular weight is 243 g/mol. The van der Waals surface area contributed by atoms with E-state index in [1.807, 2.05) is 4.97 Å². The van der Waals surface area contributed by atoms with Crippen LogP contribution in [0.1, 0.15) is 0 Å². The monoisotopic (exact) mass is 245 g/mol. The number of H-pyrrole nitrogens is 2. The Morgan fingerprint density at radius 2 is 1.78 bits per heavy atom. The summed E-state index contributed by atoms with van der Waals surface area (Å²) in [5, 5.41) is 4.38. The molecule has 0 saturated heterocycles. The third-order valence-corrected chi connectivity index (χ3v) is 2.82. The van der Waals surface area contributed by atoms with Crippen molar-refractivity contribution in [3.05, 3.63) is 21.0 Å². The number of hydrogen-bond acceptors (Lipinski definition) is 2. The second kappa shape index (κ2) is 2.42. The number of nitrogens with zero attached hydrogens (tertiary/aromatic N) is 1. The van der Waals surface area contributed by atoms with Gasteiger partial charge < -0.3 is 0 Å². The van der Waals surface area contributed by atoms with Crippen LogP contribution in [-0.4, -0.2) is 34.2 Å². The molecule has 0 atom stereocenters. The molecule has 0 spiro atoms. The predicted octanol–water partition coefficient (Wildman–Crippen LogP) is -1.62. The first-order valence-electron chi connectivity index (χ1n) is 2.20. The van der Waals surface area contributed by atoms with E-state index in [-0.39, 0.29) is 11.4 Å². The van der Waals surface area contributed by atoms with Crippen LogP contribution in [0.4, 0.5) is 0 Å². The Balaban J connectivity index is 3.41. The molecule has 0 unspecified atom stereocenters. The molecule has 1 aromatic rings. The van der Waals surface area contributed by atoms with Crippen LogP contribution in [0, 0.1) is 0 Å². The molecule has 0 bridgehead atoms. The van der Waals surface area contributed by atoms with Crippen LogP contribution in [0.25, 0.3) is 0 Å². The van der Waals surface area contributed by atoms with E-state index in [4.69, 9.17) is 0 Å². The molecule has 6 heteroatoms. The molecule has 1 rings (SSSR count). The summed E-state index contributed by atoms with van der Waals surface area (Å²) in [5.41, 5.74) is -0.658. The van der Waals surface area contributed by atoms with Crippen LogP contribution in [0.2, 0.25) is 4.97 Å². The zero-order valence-electron chi connectivity index (χ0n) is 4.67. The molecule has 0 radical (unpaired) electrons. The van der Waals surface area contributed by atoms with E-state index in [9.17, 15) is 9.59 Å². The minimum atomic E-state index is -0.625. The van der Waals surface area contributed by atoms with Gasteiger partial charge in [-0.3, -0.25) is 0 Å². The summed E-state index contributed by atoms with van der Waals surface area (Å²) in [6.45, 7) is 0. The second-order valence-corrected chi connectivity index (χ2v) is 3.42. The molecule has 50 valence electrons. The van der Waals surface area contributed by atoms with Gasteiger partial charge in [-0.2, -0.15) is 0 Å². The van der Waals surface area contributed by atoms with Crippen molar-refractivity contribution in [1.29, 1.82) is 0 Å². The molecule has 0 aliphatic carbocycles. The maximum absolute atomic E-state index is 10.6. The van der Waals surface area contributed by atoms with Crippen LogP contribution < -0.4 is 11.4 Å². The van der Waals surface area contributed by atoms with Crippen LogP contribution >= 0.6 is 0 Å². The normalized spacial score (nSPS) is 9.89. The fourth-order valence-corrected chi connectivity index (χ4v) is 1.67. The molecule has 0 aliphatic heterocycles. The molecule has 2 N–H and O–H groups in total. The zero-order chi connectivity index (χ0) is 6.85. The molecule has 5 nitrogen and oxygen atoms in total. The van der Waals surface area contributed by atoms with Gasteiger partial charge in [0, 0.05) is 0 Å². The van der Waals surface area contributed by atoms with Crippen LogP contribution in [-0.2, 0) is 0 Å². The first kappa shape index (κ1) is 6.65. The Hall–Kier alpha value is -0.470. The topological polar surface area (TPSA) is 70.7 Å². The molecule has 0 fully saturated rings. The quantitative estimate of drug-likeness (QED) is 0.581. The second-order valence-electron chi connectivity index (χ2n) is 1.34. The molecular formula is C3H5N3O2Te. The van der Waals surface area contributed by atoms with Gasteiger partial charge in [0.15, 0.2) is 0 Å². The van der Waals surface area contributed by atoms with E-state index < -0.39 is 21.2 Å². The summed E-state index contributed by atoms with van der Waals surface area (Å²) >= 11 is -0.625. The van der Waals surface area contributed by atoms with Crippen molar-refractivity contribution in [2.45, 2.75) is 4.97 Å². The van der Waals surface area contributed by atoms with E-state index in [1.165, 1.54) is 2.82 Å². The van der Waals surface area contributed by atoms with E-state index in [0.29, 0.717) is 0 Å². The zero-order valence-corrected chi connectivity index (χ0v) is 7.00. The Bertz CT molecular complexity index is 267. The predicted molar refractivity (Wildman–Crippen MR) is 32.7 cm³/mol. The molecule has 1 aromatic heterocycles. The van der Waals surface area contributed by atoms with E-state index in [0.717, 1.165) is 0 Å². The Labute approximate surface area is 60.5 Å². The molecule has 1 heterocycles. The van der Waals surface area contributed by atoms with E-state index in [2.05, 4.69) is 10.2 Å². The summed E-state index contributed by atoms with van der Waals surface area (Å²) in [7, 11) is 0. The maximum atomic E-state index is 10.6. The van der Waals surface area contributed by atoms with E-state index in [1.54, 1.807) is 0 Å². The van der Waals surface area contributed by atoms with Crippen molar-refractivity contribution in [1.82, 2.24) is 13.0 Å². The van der Waals surface area contributed by atoms with Gasteiger partial charge in [-0.25, -0.2) is 0 Å². The number of aromatic nitrogens is 3. The third kappa shape index (κ3) is 1.09. The molecule has 0 saturated carbocycles. The van der Waals surface area contributed by atoms with Gasteiger partial charge in [0.25, 0.3) is 0 Å². The summed E-state index contributed by atoms with van der Waals surface area (Å²) in [5.74, 6) is 0. The van der Waals surface area contributed by atoms with Crippen molar-refractivity contribution in [3.8, 4) is 0 Å². The van der Waals surface area contributed by atoms with Gasteiger partial charge >= 0.3 is 60.1 Å². The number of nitrogens with one attached hydrogen (secondary N) is 2. The fraction of sp³-hybridized carbons (Fsp3) is 0.333. The van der Waals surface area contributed by atoms with Crippen LogP contribution in [0.3, 0.4) is 0 Å². The average Bonchev–Trinajstić information content (AvgIpc) is 2.12. The standard InChI is InChI=1S/C3H5N3O2Te/c1-9-6-2(7)4-5-3(6)8/h1H3,(H,4,7)(H,5,8). The van der Waals surface area contributed by atoms with Crippen LogP contribution in [0.15, 0.2) is 9.59 Å². The minimum absolute atomic E-state index is 0.329. The van der Waals surface area contributed by atoms with Gasteiger partial charge in [-0.15, -0.1) is 0 Å². The summed E-state index contributed by atoms with van der Waals surface area (Å²) in [4.78, 5) is 23.0. The number of hydrogen-bond donors (Lipinski definition) is 2.